The van der Waals surface area contributed by atoms with Crippen LogP contribution in [0.1, 0.15) is 5.56 Å². The molecule has 2 rings (SSSR count). The molecule has 0 aliphatic carbocycles. The normalized spacial score (nSPS) is 10.6. The summed E-state index contributed by atoms with van der Waals surface area (Å²) >= 11 is 0. The molecule has 0 radical (unpaired) electrons. The second-order valence-corrected chi connectivity index (χ2v) is 3.82. The van der Waals surface area contributed by atoms with Gasteiger partial charge in [0.25, 0.3) is 0 Å². The number of aryl methyl sites for hydroxylation is 1. The van der Waals surface area contributed by atoms with E-state index in [1.165, 1.54) is 16.5 Å². The number of carbonyl (C=O) groups is 1. The molecule has 1 heterocycles. The minimum Gasteiger partial charge on any atom is -0.352 e. The third-order valence-corrected chi connectivity index (χ3v) is 2.67. The van der Waals surface area contributed by atoms with E-state index in [0.29, 0.717) is 6.54 Å². The van der Waals surface area contributed by atoms with Crippen LogP contribution < -0.4 is 11.1 Å². The average Bonchev–Trinajstić information content (AvgIpc) is 2.57. The van der Waals surface area contributed by atoms with Crippen molar-refractivity contribution in [1.29, 1.82) is 0 Å². The topological polar surface area (TPSA) is 60.1 Å². The average molecular weight is 217 g/mol. The largest absolute Gasteiger partial charge is 0.352 e. The number of urea groups is 1. The SMILES string of the molecule is Cn1cc(CCNC(N)=O)c2ccccc21. The fourth-order valence-electron chi connectivity index (χ4n) is 1.95. The molecule has 0 unspecified atom stereocenters. The number of fused-ring (bicyclic) bond motifs is 1. The lowest BCUT2D eigenvalue weighted by molar-refractivity contribution is 0.249. The summed E-state index contributed by atoms with van der Waals surface area (Å²) in [4.78, 5) is 10.6. The van der Waals surface area contributed by atoms with Crippen LogP contribution >= 0.6 is 0 Å². The van der Waals surface area contributed by atoms with E-state index >= 15 is 0 Å². The maximum Gasteiger partial charge on any atom is 0.312 e. The molecule has 16 heavy (non-hydrogen) atoms. The molecule has 0 aliphatic rings. The predicted octanol–water partition coefficient (Wildman–Crippen LogP) is 1.39. The van der Waals surface area contributed by atoms with Gasteiger partial charge < -0.3 is 15.6 Å². The smallest absolute Gasteiger partial charge is 0.312 e. The molecule has 0 atom stereocenters. The summed E-state index contributed by atoms with van der Waals surface area (Å²) in [5.41, 5.74) is 7.45. The van der Waals surface area contributed by atoms with Gasteiger partial charge in [-0.2, -0.15) is 0 Å². The first-order valence-corrected chi connectivity index (χ1v) is 5.24. The third-order valence-electron chi connectivity index (χ3n) is 2.67. The van der Waals surface area contributed by atoms with Crippen LogP contribution in [-0.2, 0) is 13.5 Å². The Balaban J connectivity index is 2.21. The highest BCUT2D eigenvalue weighted by Crippen LogP contribution is 2.20. The number of hydrogen-bond donors (Lipinski definition) is 2. The molecule has 84 valence electrons. The molecular weight excluding hydrogens is 202 g/mol. The second kappa shape index (κ2) is 4.26. The van der Waals surface area contributed by atoms with Crippen LogP contribution in [0.15, 0.2) is 30.5 Å². The van der Waals surface area contributed by atoms with Crippen LogP contribution in [0, 0.1) is 0 Å². The van der Waals surface area contributed by atoms with E-state index in [0.717, 1.165) is 6.42 Å². The van der Waals surface area contributed by atoms with Crippen molar-refractivity contribution in [2.24, 2.45) is 12.8 Å². The Kier molecular flexibility index (Phi) is 2.81. The van der Waals surface area contributed by atoms with Gasteiger partial charge in [-0.05, 0) is 18.1 Å². The van der Waals surface area contributed by atoms with Gasteiger partial charge in [0.1, 0.15) is 0 Å². The quantitative estimate of drug-likeness (QED) is 0.802. The first kappa shape index (κ1) is 10.5. The van der Waals surface area contributed by atoms with E-state index in [1.807, 2.05) is 19.2 Å². The van der Waals surface area contributed by atoms with E-state index in [2.05, 4.69) is 28.2 Å². The van der Waals surface area contributed by atoms with Gasteiger partial charge in [0.05, 0.1) is 0 Å². The lowest BCUT2D eigenvalue weighted by Gasteiger charge is -2.00. The number of carbonyl (C=O) groups excluding carboxylic acids is 1. The lowest BCUT2D eigenvalue weighted by atomic mass is 10.1. The minimum absolute atomic E-state index is 0.472. The highest BCUT2D eigenvalue weighted by atomic mass is 16.2. The molecule has 0 fully saturated rings. The van der Waals surface area contributed by atoms with Crippen molar-refractivity contribution in [1.82, 2.24) is 9.88 Å². The van der Waals surface area contributed by atoms with Gasteiger partial charge in [-0.15, -0.1) is 0 Å². The standard InChI is InChI=1S/C12H15N3O/c1-15-8-9(6-7-14-12(13)16)10-4-2-3-5-11(10)15/h2-5,8H,6-7H2,1H3,(H3,13,14,16). The molecule has 4 heteroatoms. The predicted molar refractivity (Wildman–Crippen MR) is 64.2 cm³/mol. The number of benzene rings is 1. The first-order valence-electron chi connectivity index (χ1n) is 5.24. The molecule has 2 aromatic rings. The zero-order valence-electron chi connectivity index (χ0n) is 9.23. The fourth-order valence-corrected chi connectivity index (χ4v) is 1.95. The Hall–Kier alpha value is -1.97. The number of rotatable bonds is 3. The van der Waals surface area contributed by atoms with Crippen molar-refractivity contribution in [3.05, 3.63) is 36.0 Å². The molecule has 3 N–H and O–H groups in total. The summed E-state index contributed by atoms with van der Waals surface area (Å²) in [6.45, 7) is 0.573. The summed E-state index contributed by atoms with van der Waals surface area (Å²) in [5, 5.41) is 3.83. The van der Waals surface area contributed by atoms with Crippen LogP contribution in [0.5, 0.6) is 0 Å². The van der Waals surface area contributed by atoms with Crippen molar-refractivity contribution >= 4 is 16.9 Å². The summed E-state index contributed by atoms with van der Waals surface area (Å²) in [6, 6.07) is 7.75. The Labute approximate surface area is 94.0 Å². The Morgan fingerprint density at radius 2 is 2.19 bits per heavy atom. The summed E-state index contributed by atoms with van der Waals surface area (Å²) in [6.07, 6.45) is 2.89. The number of primary amides is 1. The lowest BCUT2D eigenvalue weighted by Crippen LogP contribution is -2.30. The molecule has 0 aliphatic heterocycles. The van der Waals surface area contributed by atoms with Crippen LogP contribution in [0.4, 0.5) is 4.79 Å². The molecule has 1 aromatic heterocycles. The van der Waals surface area contributed by atoms with E-state index in [4.69, 9.17) is 5.73 Å². The van der Waals surface area contributed by atoms with Gasteiger partial charge in [-0.25, -0.2) is 4.79 Å². The maximum atomic E-state index is 10.6. The Morgan fingerprint density at radius 3 is 2.94 bits per heavy atom. The van der Waals surface area contributed by atoms with Gasteiger partial charge in [-0.1, -0.05) is 18.2 Å². The summed E-state index contributed by atoms with van der Waals surface area (Å²) < 4.78 is 2.09. The molecule has 0 saturated carbocycles. The van der Waals surface area contributed by atoms with Crippen molar-refractivity contribution in [2.75, 3.05) is 6.54 Å². The van der Waals surface area contributed by atoms with Crippen LogP contribution in [-0.4, -0.2) is 17.1 Å². The monoisotopic (exact) mass is 217 g/mol. The number of nitrogens with zero attached hydrogens (tertiary/aromatic N) is 1. The van der Waals surface area contributed by atoms with Gasteiger partial charge >= 0.3 is 6.03 Å². The Bertz CT molecular complexity index is 516. The van der Waals surface area contributed by atoms with E-state index in [9.17, 15) is 4.79 Å². The number of para-hydroxylation sites is 1. The first-order chi connectivity index (χ1) is 7.68. The number of nitrogens with one attached hydrogen (secondary N) is 1. The van der Waals surface area contributed by atoms with Gasteiger partial charge in [0.2, 0.25) is 0 Å². The highest BCUT2D eigenvalue weighted by molar-refractivity contribution is 5.84. The minimum atomic E-state index is -0.472. The molecule has 4 nitrogen and oxygen atoms in total. The van der Waals surface area contributed by atoms with Crippen molar-refractivity contribution in [3.8, 4) is 0 Å². The number of aromatic nitrogens is 1. The molecule has 0 saturated heterocycles. The fraction of sp³-hybridized carbons (Fsp3) is 0.250. The third kappa shape index (κ3) is 2.00. The molecule has 2 amide bonds. The number of hydrogen-bond acceptors (Lipinski definition) is 1. The summed E-state index contributed by atoms with van der Waals surface area (Å²) in [5.74, 6) is 0. The number of nitrogens with two attached hydrogens (primary N) is 1. The van der Waals surface area contributed by atoms with E-state index in [1.54, 1.807) is 0 Å². The second-order valence-electron chi connectivity index (χ2n) is 3.82. The zero-order valence-corrected chi connectivity index (χ0v) is 9.23. The van der Waals surface area contributed by atoms with Crippen molar-refractivity contribution in [3.63, 3.8) is 0 Å². The van der Waals surface area contributed by atoms with Crippen LogP contribution in [0.2, 0.25) is 0 Å². The van der Waals surface area contributed by atoms with Crippen molar-refractivity contribution < 1.29 is 4.79 Å². The van der Waals surface area contributed by atoms with Crippen LogP contribution in [0.3, 0.4) is 0 Å². The van der Waals surface area contributed by atoms with Gasteiger partial charge in [0, 0.05) is 30.7 Å². The maximum absolute atomic E-state index is 10.6. The Morgan fingerprint density at radius 1 is 1.44 bits per heavy atom. The zero-order chi connectivity index (χ0) is 11.5. The van der Waals surface area contributed by atoms with Gasteiger partial charge in [0.15, 0.2) is 0 Å². The summed E-state index contributed by atoms with van der Waals surface area (Å²) in [7, 11) is 2.02. The van der Waals surface area contributed by atoms with E-state index in [-0.39, 0.29) is 0 Å². The molecular formula is C12H15N3O. The van der Waals surface area contributed by atoms with Crippen LogP contribution in [0.25, 0.3) is 10.9 Å². The van der Waals surface area contributed by atoms with Gasteiger partial charge in [-0.3, -0.25) is 0 Å². The van der Waals surface area contributed by atoms with E-state index < -0.39 is 6.03 Å². The molecule has 0 bridgehead atoms. The molecule has 0 spiro atoms. The molecule has 1 aromatic carbocycles. The van der Waals surface area contributed by atoms with Crippen molar-refractivity contribution in [2.45, 2.75) is 6.42 Å². The highest BCUT2D eigenvalue weighted by Gasteiger charge is 2.05. The number of amides is 2.